The van der Waals surface area contributed by atoms with Crippen LogP contribution in [0.15, 0.2) is 16.5 Å². The van der Waals surface area contributed by atoms with Gasteiger partial charge in [-0.2, -0.15) is 9.97 Å². The Bertz CT molecular complexity index is 886. The van der Waals surface area contributed by atoms with E-state index in [1.807, 2.05) is 0 Å². The summed E-state index contributed by atoms with van der Waals surface area (Å²) in [4.78, 5) is 20.7. The summed E-state index contributed by atoms with van der Waals surface area (Å²) in [5, 5.41) is 9.37. The number of hydrogen-bond acceptors (Lipinski definition) is 8. The molecule has 23 heavy (non-hydrogen) atoms. The van der Waals surface area contributed by atoms with Crippen LogP contribution in [0.3, 0.4) is 0 Å². The summed E-state index contributed by atoms with van der Waals surface area (Å²) in [6, 6.07) is 3.59. The number of carbonyl (C=O) groups is 1. The highest BCUT2D eigenvalue weighted by Crippen LogP contribution is 2.39. The first kappa shape index (κ1) is 15.3. The fourth-order valence-corrected chi connectivity index (χ4v) is 3.07. The van der Waals surface area contributed by atoms with Gasteiger partial charge < -0.3 is 25.7 Å². The minimum atomic E-state index is -0.634. The second-order valence-electron chi connectivity index (χ2n) is 4.73. The van der Waals surface area contributed by atoms with Crippen molar-refractivity contribution < 1.29 is 19.1 Å². The van der Waals surface area contributed by atoms with Crippen molar-refractivity contribution in [2.75, 3.05) is 18.9 Å². The van der Waals surface area contributed by atoms with E-state index in [1.54, 1.807) is 19.1 Å². The highest BCUT2D eigenvalue weighted by molar-refractivity contribution is 7.21. The number of rotatable bonds is 5. The fourth-order valence-electron chi connectivity index (χ4n) is 2.13. The van der Waals surface area contributed by atoms with Crippen molar-refractivity contribution in [2.24, 2.45) is 5.73 Å². The van der Waals surface area contributed by atoms with Crippen LogP contribution in [0.2, 0.25) is 0 Å². The predicted molar refractivity (Wildman–Crippen MR) is 85.4 cm³/mol. The standard InChI is InChI=1S/C14H14N4O4S/c1-6-2-3-7(22-6)10-8-9(15)11(12(16)20)23-13(8)18-14(17-10)21-5-4-19/h2-3,19H,4-5,15H2,1H3,(H2,16,20). The van der Waals surface area contributed by atoms with Crippen LogP contribution in [-0.2, 0) is 0 Å². The molecule has 5 N–H and O–H groups in total. The van der Waals surface area contributed by atoms with Gasteiger partial charge in [0.1, 0.15) is 27.8 Å². The van der Waals surface area contributed by atoms with Gasteiger partial charge in [-0.25, -0.2) is 0 Å². The summed E-state index contributed by atoms with van der Waals surface area (Å²) in [5.41, 5.74) is 12.0. The highest BCUT2D eigenvalue weighted by atomic mass is 32.1. The van der Waals surface area contributed by atoms with E-state index in [0.717, 1.165) is 11.3 Å². The van der Waals surface area contributed by atoms with Crippen LogP contribution >= 0.6 is 11.3 Å². The predicted octanol–water partition coefficient (Wildman–Crippen LogP) is 1.31. The number of anilines is 1. The first-order valence-corrected chi connectivity index (χ1v) is 7.53. The maximum Gasteiger partial charge on any atom is 0.318 e. The molecule has 8 nitrogen and oxygen atoms in total. The monoisotopic (exact) mass is 334 g/mol. The van der Waals surface area contributed by atoms with Gasteiger partial charge in [-0.15, -0.1) is 11.3 Å². The zero-order chi connectivity index (χ0) is 16.6. The number of nitrogens with two attached hydrogens (primary N) is 2. The zero-order valence-electron chi connectivity index (χ0n) is 12.2. The Morgan fingerprint density at radius 1 is 1.43 bits per heavy atom. The molecule has 0 bridgehead atoms. The topological polar surface area (TPSA) is 137 Å². The van der Waals surface area contributed by atoms with Crippen molar-refractivity contribution in [1.82, 2.24) is 9.97 Å². The highest BCUT2D eigenvalue weighted by Gasteiger charge is 2.22. The molecule has 9 heteroatoms. The summed E-state index contributed by atoms with van der Waals surface area (Å²) in [6.45, 7) is 1.68. The number of furan rings is 1. The largest absolute Gasteiger partial charge is 0.461 e. The van der Waals surface area contributed by atoms with Crippen LogP contribution in [0.5, 0.6) is 6.01 Å². The lowest BCUT2D eigenvalue weighted by atomic mass is 10.2. The minimum absolute atomic E-state index is 0.0473. The maximum absolute atomic E-state index is 11.5. The van der Waals surface area contributed by atoms with Crippen molar-refractivity contribution in [3.8, 4) is 17.5 Å². The molecule has 0 spiro atoms. The normalized spacial score (nSPS) is 11.0. The average Bonchev–Trinajstić information content (AvgIpc) is 3.08. The molecule has 0 aliphatic heterocycles. The Morgan fingerprint density at radius 3 is 2.83 bits per heavy atom. The quantitative estimate of drug-likeness (QED) is 0.639. The molecule has 3 rings (SSSR count). The van der Waals surface area contributed by atoms with Crippen LogP contribution in [0.1, 0.15) is 15.4 Å². The summed E-state index contributed by atoms with van der Waals surface area (Å²) in [5.74, 6) is 0.544. The Balaban J connectivity index is 2.26. The minimum Gasteiger partial charge on any atom is -0.461 e. The van der Waals surface area contributed by atoms with E-state index >= 15 is 0 Å². The number of ether oxygens (including phenoxy) is 1. The van der Waals surface area contributed by atoms with Crippen molar-refractivity contribution in [3.63, 3.8) is 0 Å². The van der Waals surface area contributed by atoms with E-state index in [4.69, 9.17) is 25.7 Å². The number of nitrogens with zero attached hydrogens (tertiary/aromatic N) is 2. The molecule has 0 unspecified atom stereocenters. The molecular formula is C14H14N4O4S. The number of carbonyl (C=O) groups excluding carboxylic acids is 1. The first-order valence-electron chi connectivity index (χ1n) is 6.71. The fraction of sp³-hybridized carbons (Fsp3) is 0.214. The molecule has 3 heterocycles. The molecule has 0 atom stereocenters. The van der Waals surface area contributed by atoms with Gasteiger partial charge in [-0.3, -0.25) is 4.79 Å². The van der Waals surface area contributed by atoms with Crippen LogP contribution < -0.4 is 16.2 Å². The summed E-state index contributed by atoms with van der Waals surface area (Å²) >= 11 is 1.06. The smallest absolute Gasteiger partial charge is 0.318 e. The van der Waals surface area contributed by atoms with Gasteiger partial charge >= 0.3 is 6.01 Å². The Hall–Kier alpha value is -2.65. The van der Waals surface area contributed by atoms with Crippen LogP contribution in [0.4, 0.5) is 5.69 Å². The number of nitrogen functional groups attached to an aromatic ring is 1. The second kappa shape index (κ2) is 5.86. The van der Waals surface area contributed by atoms with E-state index in [9.17, 15) is 4.79 Å². The summed E-state index contributed by atoms with van der Waals surface area (Å²) in [7, 11) is 0. The van der Waals surface area contributed by atoms with E-state index in [-0.39, 0.29) is 29.8 Å². The maximum atomic E-state index is 11.5. The molecule has 0 aliphatic carbocycles. The van der Waals surface area contributed by atoms with E-state index in [0.29, 0.717) is 27.4 Å². The van der Waals surface area contributed by atoms with Crippen LogP contribution in [0.25, 0.3) is 21.7 Å². The molecule has 0 aliphatic rings. The number of aromatic nitrogens is 2. The molecule has 0 saturated carbocycles. The van der Waals surface area contributed by atoms with Gasteiger partial charge in [0.2, 0.25) is 0 Å². The number of thiophene rings is 1. The molecule has 0 fully saturated rings. The molecule has 0 radical (unpaired) electrons. The van der Waals surface area contributed by atoms with Crippen molar-refractivity contribution in [1.29, 1.82) is 0 Å². The third-order valence-corrected chi connectivity index (χ3v) is 4.20. The lowest BCUT2D eigenvalue weighted by Gasteiger charge is -2.05. The third kappa shape index (κ3) is 2.71. The van der Waals surface area contributed by atoms with Crippen molar-refractivity contribution in [2.45, 2.75) is 6.92 Å². The number of hydrogen-bond donors (Lipinski definition) is 3. The first-order chi connectivity index (χ1) is 11.0. The SMILES string of the molecule is Cc1ccc(-c2nc(OCCO)nc3sc(C(N)=O)c(N)c23)o1. The van der Waals surface area contributed by atoms with Gasteiger partial charge in [-0.05, 0) is 19.1 Å². The van der Waals surface area contributed by atoms with Crippen LogP contribution in [0, 0.1) is 6.92 Å². The van der Waals surface area contributed by atoms with Gasteiger partial charge in [-0.1, -0.05) is 0 Å². The van der Waals surface area contributed by atoms with E-state index < -0.39 is 5.91 Å². The van der Waals surface area contributed by atoms with Gasteiger partial charge in [0.25, 0.3) is 5.91 Å². The van der Waals surface area contributed by atoms with Gasteiger partial charge in [0, 0.05) is 0 Å². The Labute approximate surface area is 134 Å². The third-order valence-electron chi connectivity index (χ3n) is 3.09. The molecular weight excluding hydrogens is 320 g/mol. The Kier molecular flexibility index (Phi) is 3.89. The lowest BCUT2D eigenvalue weighted by Crippen LogP contribution is -2.10. The second-order valence-corrected chi connectivity index (χ2v) is 5.73. The molecule has 120 valence electrons. The van der Waals surface area contributed by atoms with E-state index in [1.165, 1.54) is 0 Å². The molecule has 3 aromatic heterocycles. The zero-order valence-corrected chi connectivity index (χ0v) is 13.0. The van der Waals surface area contributed by atoms with Crippen molar-refractivity contribution >= 4 is 33.1 Å². The number of aryl methyl sites for hydroxylation is 1. The van der Waals surface area contributed by atoms with Crippen LogP contribution in [-0.4, -0.2) is 34.2 Å². The number of aliphatic hydroxyl groups is 1. The molecule has 0 aromatic carbocycles. The number of fused-ring (bicyclic) bond motifs is 1. The molecule has 3 aromatic rings. The van der Waals surface area contributed by atoms with E-state index in [2.05, 4.69) is 9.97 Å². The van der Waals surface area contributed by atoms with Crippen molar-refractivity contribution in [3.05, 3.63) is 22.8 Å². The van der Waals surface area contributed by atoms with Gasteiger partial charge in [0.05, 0.1) is 17.7 Å². The number of aliphatic hydroxyl groups excluding tert-OH is 1. The summed E-state index contributed by atoms with van der Waals surface area (Å²) in [6.07, 6.45) is 0. The average molecular weight is 334 g/mol. The summed E-state index contributed by atoms with van der Waals surface area (Å²) < 4.78 is 10.9. The molecule has 0 saturated heterocycles. The number of amides is 1. The lowest BCUT2D eigenvalue weighted by molar-refractivity contribution is 0.100. The Morgan fingerprint density at radius 2 is 2.22 bits per heavy atom. The number of primary amides is 1. The molecule has 1 amide bonds. The van der Waals surface area contributed by atoms with Gasteiger partial charge in [0.15, 0.2) is 5.76 Å².